The Morgan fingerprint density at radius 1 is 0.906 bits per heavy atom. The summed E-state index contributed by atoms with van der Waals surface area (Å²) in [5.41, 5.74) is 3.39. The number of hydrogen-bond acceptors (Lipinski definition) is 5. The van der Waals surface area contributed by atoms with E-state index in [1.54, 1.807) is 0 Å². The van der Waals surface area contributed by atoms with Crippen LogP contribution in [0.2, 0.25) is 0 Å². The quantitative estimate of drug-likeness (QED) is 0.643. The van der Waals surface area contributed by atoms with Crippen LogP contribution in [0.4, 0.5) is 11.4 Å². The molecule has 1 N–H and O–H groups in total. The summed E-state index contributed by atoms with van der Waals surface area (Å²) < 4.78 is 5.52. The third kappa shape index (κ3) is 4.35. The number of nitrogens with zero attached hydrogens (tertiary/aromatic N) is 2. The van der Waals surface area contributed by atoms with Crippen molar-refractivity contribution in [1.82, 2.24) is 4.90 Å². The van der Waals surface area contributed by atoms with Crippen molar-refractivity contribution in [2.75, 3.05) is 29.9 Å². The van der Waals surface area contributed by atoms with Crippen molar-refractivity contribution >= 4 is 28.8 Å². The number of carbonyl (C=O) groups excluding carboxylic acids is 2. The fraction of sp³-hybridized carbons (Fsp3) is 0.385. The number of carbonyl (C=O) groups is 2. The van der Waals surface area contributed by atoms with Crippen molar-refractivity contribution in [1.29, 1.82) is 0 Å². The smallest absolute Gasteiger partial charge is 0.278 e. The molecule has 0 radical (unpaired) electrons. The van der Waals surface area contributed by atoms with E-state index in [1.165, 1.54) is 29.8 Å². The van der Waals surface area contributed by atoms with Gasteiger partial charge in [0.05, 0.1) is 12.2 Å². The summed E-state index contributed by atoms with van der Waals surface area (Å²) in [7, 11) is 0. The highest BCUT2D eigenvalue weighted by molar-refractivity contribution is 6.36. The Morgan fingerprint density at radius 3 is 2.16 bits per heavy atom. The molecule has 0 unspecified atom stereocenters. The van der Waals surface area contributed by atoms with Crippen LogP contribution >= 0.6 is 0 Å². The van der Waals surface area contributed by atoms with Crippen LogP contribution in [-0.4, -0.2) is 42.5 Å². The van der Waals surface area contributed by atoms with Gasteiger partial charge in [-0.05, 0) is 82.0 Å². The first-order valence-corrected chi connectivity index (χ1v) is 11.5. The molecule has 6 heteroatoms. The maximum atomic E-state index is 13.2. The molecule has 2 amide bonds. The normalized spacial score (nSPS) is 16.9. The van der Waals surface area contributed by atoms with Gasteiger partial charge in [0, 0.05) is 30.5 Å². The third-order valence-corrected chi connectivity index (χ3v) is 5.94. The van der Waals surface area contributed by atoms with Crippen molar-refractivity contribution in [3.8, 4) is 5.75 Å². The average molecular weight is 434 g/mol. The molecular formula is C26H31N3O3. The average Bonchev–Trinajstić information content (AvgIpc) is 3.05. The van der Waals surface area contributed by atoms with Gasteiger partial charge in [-0.15, -0.1) is 0 Å². The van der Waals surface area contributed by atoms with E-state index in [2.05, 4.69) is 22.3 Å². The molecule has 0 aromatic heterocycles. The topological polar surface area (TPSA) is 61.9 Å². The van der Waals surface area contributed by atoms with Crippen LogP contribution in [-0.2, 0) is 9.59 Å². The molecule has 2 aromatic rings. The van der Waals surface area contributed by atoms with Crippen molar-refractivity contribution in [2.24, 2.45) is 0 Å². The molecule has 1 saturated heterocycles. The third-order valence-electron chi connectivity index (χ3n) is 5.94. The first-order chi connectivity index (χ1) is 15.5. The Bertz CT molecular complexity index is 1000. The molecule has 2 aromatic carbocycles. The molecule has 32 heavy (non-hydrogen) atoms. The second kappa shape index (κ2) is 9.47. The van der Waals surface area contributed by atoms with Crippen molar-refractivity contribution < 1.29 is 14.3 Å². The van der Waals surface area contributed by atoms with Crippen LogP contribution < -0.4 is 15.0 Å². The van der Waals surface area contributed by atoms with Crippen LogP contribution in [0, 0.1) is 0 Å². The summed E-state index contributed by atoms with van der Waals surface area (Å²) >= 11 is 0. The van der Waals surface area contributed by atoms with Crippen molar-refractivity contribution in [3.63, 3.8) is 0 Å². The van der Waals surface area contributed by atoms with E-state index >= 15 is 0 Å². The first-order valence-electron chi connectivity index (χ1n) is 11.5. The molecule has 1 fully saturated rings. The van der Waals surface area contributed by atoms with E-state index in [9.17, 15) is 9.59 Å². The lowest BCUT2D eigenvalue weighted by Gasteiger charge is -2.28. The zero-order valence-electron chi connectivity index (χ0n) is 19.1. The Labute approximate surface area is 189 Å². The maximum absolute atomic E-state index is 13.2. The van der Waals surface area contributed by atoms with Crippen LogP contribution in [0.1, 0.15) is 45.6 Å². The largest absolute Gasteiger partial charge is 0.494 e. The summed E-state index contributed by atoms with van der Waals surface area (Å²) in [4.78, 5) is 30.1. The second-order valence-electron chi connectivity index (χ2n) is 8.50. The number of hydrogen-bond donors (Lipinski definition) is 1. The van der Waals surface area contributed by atoms with Gasteiger partial charge in [0.1, 0.15) is 11.4 Å². The van der Waals surface area contributed by atoms with E-state index in [1.807, 2.05) is 57.2 Å². The molecule has 0 saturated carbocycles. The minimum Gasteiger partial charge on any atom is -0.494 e. The van der Waals surface area contributed by atoms with Gasteiger partial charge in [-0.1, -0.05) is 12.1 Å². The van der Waals surface area contributed by atoms with Crippen LogP contribution in [0.25, 0.3) is 5.57 Å². The number of benzene rings is 2. The van der Waals surface area contributed by atoms with E-state index in [4.69, 9.17) is 4.74 Å². The van der Waals surface area contributed by atoms with Gasteiger partial charge in [0.2, 0.25) is 0 Å². The monoisotopic (exact) mass is 433 g/mol. The van der Waals surface area contributed by atoms with Crippen LogP contribution in [0.5, 0.6) is 5.75 Å². The number of ether oxygens (including phenoxy) is 1. The Hall–Kier alpha value is -3.28. The second-order valence-corrected chi connectivity index (χ2v) is 8.50. The lowest BCUT2D eigenvalue weighted by molar-refractivity contribution is -0.138. The number of imide groups is 1. The highest BCUT2D eigenvalue weighted by atomic mass is 16.5. The van der Waals surface area contributed by atoms with Crippen molar-refractivity contribution in [2.45, 2.75) is 46.1 Å². The summed E-state index contributed by atoms with van der Waals surface area (Å²) in [6.45, 7) is 8.35. The summed E-state index contributed by atoms with van der Waals surface area (Å²) in [6.07, 6.45) is 3.74. The molecule has 0 aliphatic carbocycles. The molecular weight excluding hydrogens is 402 g/mol. The van der Waals surface area contributed by atoms with E-state index in [-0.39, 0.29) is 17.9 Å². The molecule has 0 bridgehead atoms. The fourth-order valence-electron chi connectivity index (χ4n) is 4.34. The summed E-state index contributed by atoms with van der Waals surface area (Å²) in [6, 6.07) is 15.2. The molecule has 2 aliphatic heterocycles. The molecule has 168 valence electrons. The minimum absolute atomic E-state index is 0.228. The maximum Gasteiger partial charge on any atom is 0.278 e. The standard InChI is InChI=1S/C26H31N3O3/c1-4-32-22-14-8-19(9-15-22)23-24(26(31)29(18(2)3)25(23)30)27-20-10-12-21(13-11-20)28-16-6-5-7-17-28/h8-15,18,27H,4-7,16-17H2,1-3H3. The summed E-state index contributed by atoms with van der Waals surface area (Å²) in [5, 5.41) is 3.24. The lowest BCUT2D eigenvalue weighted by atomic mass is 10.0. The van der Waals surface area contributed by atoms with Gasteiger partial charge >= 0.3 is 0 Å². The Morgan fingerprint density at radius 2 is 1.56 bits per heavy atom. The number of anilines is 2. The fourth-order valence-corrected chi connectivity index (χ4v) is 4.34. The first kappa shape index (κ1) is 21.9. The molecule has 4 rings (SSSR count). The van der Waals surface area contributed by atoms with Gasteiger partial charge in [0.25, 0.3) is 11.8 Å². The minimum atomic E-state index is -0.297. The van der Waals surface area contributed by atoms with Gasteiger partial charge in [0.15, 0.2) is 0 Å². The number of rotatable bonds is 7. The van der Waals surface area contributed by atoms with Crippen LogP contribution in [0.15, 0.2) is 54.2 Å². The van der Waals surface area contributed by atoms with Gasteiger partial charge in [-0.25, -0.2) is 0 Å². The number of nitrogens with one attached hydrogen (secondary N) is 1. The molecule has 2 aliphatic rings. The Kier molecular flexibility index (Phi) is 6.49. The Balaban J connectivity index is 1.64. The van der Waals surface area contributed by atoms with Crippen molar-refractivity contribution in [3.05, 3.63) is 59.8 Å². The predicted molar refractivity (Wildman–Crippen MR) is 128 cm³/mol. The van der Waals surface area contributed by atoms with Gasteiger partial charge in [-0.3, -0.25) is 14.5 Å². The predicted octanol–water partition coefficient (Wildman–Crippen LogP) is 4.68. The molecule has 2 heterocycles. The molecule has 0 spiro atoms. The van der Waals surface area contributed by atoms with E-state index < -0.39 is 0 Å². The highest BCUT2D eigenvalue weighted by Crippen LogP contribution is 2.33. The molecule has 6 nitrogen and oxygen atoms in total. The zero-order valence-corrected chi connectivity index (χ0v) is 19.1. The molecule has 0 atom stereocenters. The van der Waals surface area contributed by atoms with Gasteiger partial charge < -0.3 is 15.0 Å². The lowest BCUT2D eigenvalue weighted by Crippen LogP contribution is -2.38. The zero-order chi connectivity index (χ0) is 22.7. The number of piperidine rings is 1. The SMILES string of the molecule is CCOc1ccc(C2=C(Nc3ccc(N4CCCCC4)cc3)C(=O)N(C(C)C)C2=O)cc1. The van der Waals surface area contributed by atoms with Crippen LogP contribution in [0.3, 0.4) is 0 Å². The van der Waals surface area contributed by atoms with Gasteiger partial charge in [-0.2, -0.15) is 0 Å². The summed E-state index contributed by atoms with van der Waals surface area (Å²) in [5.74, 6) is 0.160. The number of amides is 2. The van der Waals surface area contributed by atoms with E-state index in [0.29, 0.717) is 23.4 Å². The highest BCUT2D eigenvalue weighted by Gasteiger charge is 2.40. The van der Waals surface area contributed by atoms with E-state index in [0.717, 1.165) is 24.5 Å².